The topological polar surface area (TPSA) is 139 Å². The van der Waals surface area contributed by atoms with Crippen molar-refractivity contribution >= 4 is 27.7 Å². The second kappa shape index (κ2) is 6.35. The van der Waals surface area contributed by atoms with Gasteiger partial charge >= 0.3 is 12.0 Å². The van der Waals surface area contributed by atoms with Gasteiger partial charge in [-0.2, -0.15) is 0 Å². The summed E-state index contributed by atoms with van der Waals surface area (Å²) in [6, 6.07) is 3.71. The van der Waals surface area contributed by atoms with Crippen molar-refractivity contribution in [2.45, 2.75) is 6.92 Å². The molecular formula is C11H15N3O5S. The molecule has 0 aliphatic carbocycles. The third-order valence-electron chi connectivity index (χ3n) is 2.39. The number of urea groups is 1. The molecule has 0 heterocycles. The molecule has 1 aromatic carbocycles. The van der Waals surface area contributed by atoms with Crippen molar-refractivity contribution < 1.29 is 23.1 Å². The van der Waals surface area contributed by atoms with Gasteiger partial charge < -0.3 is 15.7 Å². The lowest BCUT2D eigenvalue weighted by Gasteiger charge is -2.09. The Morgan fingerprint density at radius 1 is 1.35 bits per heavy atom. The molecule has 20 heavy (non-hydrogen) atoms. The van der Waals surface area contributed by atoms with Crippen molar-refractivity contribution in [3.05, 3.63) is 29.3 Å². The predicted octanol–water partition coefficient (Wildman–Crippen LogP) is 0.103. The van der Waals surface area contributed by atoms with E-state index in [-0.39, 0.29) is 17.9 Å². The van der Waals surface area contributed by atoms with Gasteiger partial charge in [-0.3, -0.25) is 0 Å². The summed E-state index contributed by atoms with van der Waals surface area (Å²) in [4.78, 5) is 22.3. The Labute approximate surface area is 116 Å². The smallest absolute Gasteiger partial charge is 0.335 e. The number of carboxylic acid groups (broad SMARTS) is 1. The van der Waals surface area contributed by atoms with Crippen LogP contribution < -0.4 is 15.8 Å². The number of benzene rings is 1. The number of sulfonamides is 1. The minimum absolute atomic E-state index is 0.114. The molecule has 5 N–H and O–H groups in total. The first-order valence-electron chi connectivity index (χ1n) is 5.58. The monoisotopic (exact) mass is 301 g/mol. The number of carbonyl (C=O) groups is 2. The van der Waals surface area contributed by atoms with Gasteiger partial charge in [-0.1, -0.05) is 0 Å². The lowest BCUT2D eigenvalue weighted by Crippen LogP contribution is -2.34. The molecule has 0 saturated carbocycles. The molecule has 0 atom stereocenters. The van der Waals surface area contributed by atoms with E-state index in [1.165, 1.54) is 18.2 Å². The minimum atomic E-state index is -3.62. The average molecular weight is 301 g/mol. The fraction of sp³-hybridized carbons (Fsp3) is 0.273. The van der Waals surface area contributed by atoms with Gasteiger partial charge in [-0.05, 0) is 30.7 Å². The zero-order chi connectivity index (χ0) is 15.3. The van der Waals surface area contributed by atoms with E-state index >= 15 is 0 Å². The maximum atomic E-state index is 11.5. The van der Waals surface area contributed by atoms with Crippen molar-refractivity contribution in [2.24, 2.45) is 5.14 Å². The number of nitrogens with two attached hydrogens (primary N) is 1. The Morgan fingerprint density at radius 2 is 2.00 bits per heavy atom. The number of nitrogens with one attached hydrogen (secondary N) is 2. The molecule has 9 heteroatoms. The van der Waals surface area contributed by atoms with Crippen molar-refractivity contribution in [3.8, 4) is 0 Å². The van der Waals surface area contributed by atoms with Gasteiger partial charge in [0.1, 0.15) is 0 Å². The van der Waals surface area contributed by atoms with Gasteiger partial charge in [0.2, 0.25) is 10.0 Å². The van der Waals surface area contributed by atoms with Gasteiger partial charge in [0.05, 0.1) is 11.3 Å². The number of carboxylic acids is 1. The number of aryl methyl sites for hydroxylation is 1. The highest BCUT2D eigenvalue weighted by atomic mass is 32.2. The van der Waals surface area contributed by atoms with Gasteiger partial charge in [0.25, 0.3) is 0 Å². The molecule has 110 valence electrons. The maximum Gasteiger partial charge on any atom is 0.335 e. The van der Waals surface area contributed by atoms with E-state index in [0.29, 0.717) is 11.3 Å². The Hall–Kier alpha value is -2.13. The summed E-state index contributed by atoms with van der Waals surface area (Å²) in [5.74, 6) is -1.41. The molecule has 1 aromatic rings. The van der Waals surface area contributed by atoms with Gasteiger partial charge in [-0.25, -0.2) is 23.1 Å². The molecule has 2 amide bonds. The van der Waals surface area contributed by atoms with Gasteiger partial charge in [0, 0.05) is 12.2 Å². The Morgan fingerprint density at radius 3 is 2.50 bits per heavy atom. The summed E-state index contributed by atoms with van der Waals surface area (Å²) >= 11 is 0. The first kappa shape index (κ1) is 15.9. The third kappa shape index (κ3) is 5.24. The lowest BCUT2D eigenvalue weighted by atomic mass is 10.1. The van der Waals surface area contributed by atoms with Gasteiger partial charge in [0.15, 0.2) is 0 Å². The number of amides is 2. The second-order valence-corrected chi connectivity index (χ2v) is 5.82. The standard InChI is InChI=1S/C11H15N3O5S/c1-7-6-8(2-3-9(7)10(15)16)14-11(17)13-4-5-20(12,18)19/h2-3,6H,4-5H2,1H3,(H,15,16)(H2,12,18,19)(H2,13,14,17). The highest BCUT2D eigenvalue weighted by molar-refractivity contribution is 7.89. The van der Waals surface area contributed by atoms with Crippen molar-refractivity contribution in [1.29, 1.82) is 0 Å². The molecule has 0 aliphatic heterocycles. The summed E-state index contributed by atoms with van der Waals surface area (Å²) in [6.07, 6.45) is 0. The molecule has 0 saturated heterocycles. The molecular weight excluding hydrogens is 286 g/mol. The lowest BCUT2D eigenvalue weighted by molar-refractivity contribution is 0.0696. The fourth-order valence-electron chi connectivity index (χ4n) is 1.46. The number of hydrogen-bond acceptors (Lipinski definition) is 4. The van der Waals surface area contributed by atoms with E-state index in [1.54, 1.807) is 6.92 Å². The van der Waals surface area contributed by atoms with Crippen LogP contribution in [0, 0.1) is 6.92 Å². The first-order valence-corrected chi connectivity index (χ1v) is 7.30. The molecule has 0 aliphatic rings. The number of carbonyl (C=O) groups excluding carboxylic acids is 1. The van der Waals surface area contributed by atoms with Gasteiger partial charge in [-0.15, -0.1) is 0 Å². The summed E-state index contributed by atoms with van der Waals surface area (Å²) < 4.78 is 21.3. The van der Waals surface area contributed by atoms with E-state index in [4.69, 9.17) is 10.2 Å². The Bertz CT molecular complexity index is 627. The minimum Gasteiger partial charge on any atom is -0.478 e. The van der Waals surface area contributed by atoms with Crippen LogP contribution in [0.5, 0.6) is 0 Å². The zero-order valence-electron chi connectivity index (χ0n) is 10.7. The molecule has 1 rings (SSSR count). The van der Waals surface area contributed by atoms with Crippen LogP contribution >= 0.6 is 0 Å². The van der Waals surface area contributed by atoms with Crippen LogP contribution in [0.3, 0.4) is 0 Å². The molecule has 0 fully saturated rings. The first-order chi connectivity index (χ1) is 9.19. The van der Waals surface area contributed by atoms with Crippen LogP contribution in [0.15, 0.2) is 18.2 Å². The highest BCUT2D eigenvalue weighted by Crippen LogP contribution is 2.15. The fourth-order valence-corrected chi connectivity index (χ4v) is 1.85. The van der Waals surface area contributed by atoms with Crippen LogP contribution in [0.1, 0.15) is 15.9 Å². The van der Waals surface area contributed by atoms with E-state index in [0.717, 1.165) is 0 Å². The van der Waals surface area contributed by atoms with Crippen LogP contribution in [-0.2, 0) is 10.0 Å². The normalized spacial score (nSPS) is 10.9. The predicted molar refractivity (Wildman–Crippen MR) is 73.1 cm³/mol. The van der Waals surface area contributed by atoms with Crippen LogP contribution in [0.2, 0.25) is 0 Å². The van der Waals surface area contributed by atoms with Crippen LogP contribution in [0.25, 0.3) is 0 Å². The largest absolute Gasteiger partial charge is 0.478 e. The molecule has 0 unspecified atom stereocenters. The molecule has 0 aromatic heterocycles. The number of rotatable bonds is 5. The Balaban J connectivity index is 2.59. The number of primary sulfonamides is 1. The number of aromatic carboxylic acids is 1. The molecule has 0 spiro atoms. The molecule has 8 nitrogen and oxygen atoms in total. The summed E-state index contributed by atoms with van der Waals surface area (Å²) in [5, 5.41) is 18.4. The van der Waals surface area contributed by atoms with E-state index in [2.05, 4.69) is 10.6 Å². The quantitative estimate of drug-likeness (QED) is 0.611. The maximum absolute atomic E-state index is 11.5. The summed E-state index contributed by atoms with van der Waals surface area (Å²) in [7, 11) is -3.62. The van der Waals surface area contributed by atoms with Crippen molar-refractivity contribution in [3.63, 3.8) is 0 Å². The number of hydrogen-bond donors (Lipinski definition) is 4. The summed E-state index contributed by atoms with van der Waals surface area (Å²) in [6.45, 7) is 1.49. The van der Waals surface area contributed by atoms with Crippen molar-refractivity contribution in [2.75, 3.05) is 17.6 Å². The molecule has 0 radical (unpaired) electrons. The number of anilines is 1. The van der Waals surface area contributed by atoms with Crippen molar-refractivity contribution in [1.82, 2.24) is 5.32 Å². The van der Waals surface area contributed by atoms with E-state index in [9.17, 15) is 18.0 Å². The van der Waals surface area contributed by atoms with E-state index in [1.807, 2.05) is 0 Å². The van der Waals surface area contributed by atoms with Crippen LogP contribution in [0.4, 0.5) is 10.5 Å². The second-order valence-electron chi connectivity index (χ2n) is 4.08. The third-order valence-corrected chi connectivity index (χ3v) is 3.16. The zero-order valence-corrected chi connectivity index (χ0v) is 11.5. The molecule has 0 bridgehead atoms. The SMILES string of the molecule is Cc1cc(NC(=O)NCCS(N)(=O)=O)ccc1C(=O)O. The van der Waals surface area contributed by atoms with Crippen LogP contribution in [-0.4, -0.2) is 37.8 Å². The average Bonchev–Trinajstić information content (AvgIpc) is 2.26. The summed E-state index contributed by atoms with van der Waals surface area (Å²) in [5.41, 5.74) is 1.05. The highest BCUT2D eigenvalue weighted by Gasteiger charge is 2.09. The van der Waals surface area contributed by atoms with E-state index < -0.39 is 22.0 Å². The Kier molecular flexibility index (Phi) is 5.06.